The fourth-order valence-electron chi connectivity index (χ4n) is 4.52. The molecular weight excluding hydrogens is 334 g/mol. The van der Waals surface area contributed by atoms with E-state index in [4.69, 9.17) is 4.52 Å². The SMILES string of the molecule is O=C1NCCC1(c1nc(-c2ccc3[nH]c(=O)[nH]c3c2)no1)C1CCCC1. The van der Waals surface area contributed by atoms with Crippen molar-refractivity contribution in [1.82, 2.24) is 25.4 Å². The first-order chi connectivity index (χ1) is 12.7. The molecule has 5 rings (SSSR count). The zero-order valence-corrected chi connectivity index (χ0v) is 14.2. The average molecular weight is 353 g/mol. The number of nitrogens with zero attached hydrogens (tertiary/aromatic N) is 2. The summed E-state index contributed by atoms with van der Waals surface area (Å²) < 4.78 is 5.60. The molecule has 1 aliphatic carbocycles. The fourth-order valence-corrected chi connectivity index (χ4v) is 4.52. The maximum Gasteiger partial charge on any atom is 0.323 e. The average Bonchev–Trinajstić information content (AvgIpc) is 3.40. The van der Waals surface area contributed by atoms with Crippen molar-refractivity contribution in [3.8, 4) is 11.4 Å². The van der Waals surface area contributed by atoms with Crippen LogP contribution in [0.25, 0.3) is 22.4 Å². The quantitative estimate of drug-likeness (QED) is 0.664. The van der Waals surface area contributed by atoms with Crippen LogP contribution in [0.3, 0.4) is 0 Å². The van der Waals surface area contributed by atoms with Gasteiger partial charge in [-0.25, -0.2) is 4.79 Å². The Morgan fingerprint density at radius 2 is 1.92 bits per heavy atom. The summed E-state index contributed by atoms with van der Waals surface area (Å²) in [5, 5.41) is 7.08. The number of carbonyl (C=O) groups excluding carboxylic acids is 1. The Morgan fingerprint density at radius 1 is 1.12 bits per heavy atom. The molecule has 1 amide bonds. The van der Waals surface area contributed by atoms with Gasteiger partial charge in [-0.1, -0.05) is 18.0 Å². The predicted octanol–water partition coefficient (Wildman–Crippen LogP) is 1.85. The minimum atomic E-state index is -0.700. The van der Waals surface area contributed by atoms with Crippen molar-refractivity contribution >= 4 is 16.9 Å². The molecule has 0 bridgehead atoms. The van der Waals surface area contributed by atoms with Gasteiger partial charge in [-0.3, -0.25) is 4.79 Å². The topological polar surface area (TPSA) is 117 Å². The number of amides is 1. The summed E-state index contributed by atoms with van der Waals surface area (Å²) in [6.45, 7) is 0.642. The molecule has 3 N–H and O–H groups in total. The van der Waals surface area contributed by atoms with Crippen LogP contribution < -0.4 is 11.0 Å². The number of H-pyrrole nitrogens is 2. The molecule has 3 aromatic rings. The minimum absolute atomic E-state index is 0.00465. The standard InChI is InChI=1S/C18H19N5O3/c24-15-18(7-8-19-15,11-3-1-2-4-11)16-22-14(23-26-16)10-5-6-12-13(9-10)21-17(25)20-12/h5-6,9,11H,1-4,7-8H2,(H,19,24)(H2,20,21,25). The summed E-state index contributed by atoms with van der Waals surface area (Å²) in [7, 11) is 0. The van der Waals surface area contributed by atoms with Gasteiger partial charge in [0.05, 0.1) is 11.0 Å². The Balaban J connectivity index is 1.57. The summed E-state index contributed by atoms with van der Waals surface area (Å²) >= 11 is 0. The van der Waals surface area contributed by atoms with Gasteiger partial charge in [-0.15, -0.1) is 0 Å². The molecule has 1 atom stereocenters. The van der Waals surface area contributed by atoms with E-state index < -0.39 is 5.41 Å². The maximum atomic E-state index is 12.7. The monoisotopic (exact) mass is 353 g/mol. The molecule has 26 heavy (non-hydrogen) atoms. The van der Waals surface area contributed by atoms with Crippen molar-refractivity contribution in [3.05, 3.63) is 34.6 Å². The van der Waals surface area contributed by atoms with E-state index in [2.05, 4.69) is 25.4 Å². The third kappa shape index (κ3) is 2.14. The van der Waals surface area contributed by atoms with Gasteiger partial charge in [-0.05, 0) is 43.4 Å². The van der Waals surface area contributed by atoms with Crippen LogP contribution in [0.1, 0.15) is 38.0 Å². The van der Waals surface area contributed by atoms with E-state index in [0.29, 0.717) is 30.2 Å². The number of benzene rings is 1. The third-order valence-corrected chi connectivity index (χ3v) is 5.84. The van der Waals surface area contributed by atoms with E-state index >= 15 is 0 Å². The van der Waals surface area contributed by atoms with Crippen LogP contribution in [-0.2, 0) is 10.2 Å². The van der Waals surface area contributed by atoms with Crippen LogP contribution in [-0.4, -0.2) is 32.6 Å². The Morgan fingerprint density at radius 3 is 2.69 bits per heavy atom. The molecule has 2 aromatic heterocycles. The van der Waals surface area contributed by atoms with Gasteiger partial charge >= 0.3 is 5.69 Å². The molecule has 1 unspecified atom stereocenters. The summed E-state index contributed by atoms with van der Waals surface area (Å²) in [5.74, 6) is 1.10. The number of fused-ring (bicyclic) bond motifs is 1. The molecule has 0 spiro atoms. The maximum absolute atomic E-state index is 12.7. The largest absolute Gasteiger partial charge is 0.355 e. The molecule has 2 fully saturated rings. The predicted molar refractivity (Wildman–Crippen MR) is 93.5 cm³/mol. The zero-order chi connectivity index (χ0) is 17.7. The number of hydrogen-bond acceptors (Lipinski definition) is 5. The van der Waals surface area contributed by atoms with E-state index in [1.807, 2.05) is 6.07 Å². The number of carbonyl (C=O) groups is 1. The van der Waals surface area contributed by atoms with Gasteiger partial charge in [0.25, 0.3) is 0 Å². The molecule has 1 aliphatic heterocycles. The lowest BCUT2D eigenvalue weighted by atomic mass is 9.72. The lowest BCUT2D eigenvalue weighted by molar-refractivity contribution is -0.126. The summed E-state index contributed by atoms with van der Waals surface area (Å²) in [6, 6.07) is 5.43. The normalized spacial score (nSPS) is 23.8. The molecule has 3 heterocycles. The first-order valence-electron chi connectivity index (χ1n) is 9.02. The Kier molecular flexibility index (Phi) is 3.28. The third-order valence-electron chi connectivity index (χ3n) is 5.84. The van der Waals surface area contributed by atoms with Gasteiger partial charge in [0, 0.05) is 12.1 Å². The molecule has 2 aliphatic rings. The summed E-state index contributed by atoms with van der Waals surface area (Å²) in [4.78, 5) is 34.2. The summed E-state index contributed by atoms with van der Waals surface area (Å²) in [6.07, 6.45) is 5.00. The molecule has 134 valence electrons. The Labute approximate surface area is 148 Å². The number of imidazole rings is 1. The molecule has 8 nitrogen and oxygen atoms in total. The Hall–Kier alpha value is -2.90. The first kappa shape index (κ1) is 15.4. The second kappa shape index (κ2) is 5.55. The Bertz CT molecular complexity index is 1040. The van der Waals surface area contributed by atoms with E-state index in [-0.39, 0.29) is 17.5 Å². The van der Waals surface area contributed by atoms with Gasteiger partial charge in [0.2, 0.25) is 17.6 Å². The van der Waals surface area contributed by atoms with Gasteiger partial charge in [0.15, 0.2) is 0 Å². The van der Waals surface area contributed by atoms with E-state index in [0.717, 1.165) is 36.8 Å². The fraction of sp³-hybridized carbons (Fsp3) is 0.444. The van der Waals surface area contributed by atoms with Crippen LogP contribution in [0.4, 0.5) is 0 Å². The van der Waals surface area contributed by atoms with E-state index in [1.54, 1.807) is 12.1 Å². The van der Waals surface area contributed by atoms with Crippen molar-refractivity contribution in [2.45, 2.75) is 37.5 Å². The number of rotatable bonds is 3. The van der Waals surface area contributed by atoms with E-state index in [1.165, 1.54) is 0 Å². The number of aromatic nitrogens is 4. The number of hydrogen-bond donors (Lipinski definition) is 3. The van der Waals surface area contributed by atoms with Crippen molar-refractivity contribution in [2.24, 2.45) is 5.92 Å². The molecule has 8 heteroatoms. The minimum Gasteiger partial charge on any atom is -0.355 e. The van der Waals surface area contributed by atoms with E-state index in [9.17, 15) is 9.59 Å². The van der Waals surface area contributed by atoms with Crippen LogP contribution in [0.2, 0.25) is 0 Å². The highest BCUT2D eigenvalue weighted by Gasteiger charge is 2.54. The van der Waals surface area contributed by atoms with Crippen LogP contribution in [0.15, 0.2) is 27.5 Å². The highest BCUT2D eigenvalue weighted by atomic mass is 16.5. The van der Waals surface area contributed by atoms with Crippen LogP contribution in [0.5, 0.6) is 0 Å². The second-order valence-corrected chi connectivity index (χ2v) is 7.22. The molecule has 1 aromatic carbocycles. The highest BCUT2D eigenvalue weighted by molar-refractivity contribution is 5.89. The molecule has 1 saturated carbocycles. The number of aromatic amines is 2. The van der Waals surface area contributed by atoms with Crippen molar-refractivity contribution in [2.75, 3.05) is 6.54 Å². The number of nitrogens with one attached hydrogen (secondary N) is 3. The molecule has 1 saturated heterocycles. The van der Waals surface area contributed by atoms with Crippen molar-refractivity contribution in [3.63, 3.8) is 0 Å². The lowest BCUT2D eigenvalue weighted by Crippen LogP contribution is -2.41. The van der Waals surface area contributed by atoms with Crippen LogP contribution in [0, 0.1) is 5.92 Å². The van der Waals surface area contributed by atoms with Gasteiger partial charge in [-0.2, -0.15) is 4.98 Å². The van der Waals surface area contributed by atoms with Crippen molar-refractivity contribution < 1.29 is 9.32 Å². The zero-order valence-electron chi connectivity index (χ0n) is 14.2. The first-order valence-corrected chi connectivity index (χ1v) is 9.02. The van der Waals surface area contributed by atoms with Crippen molar-refractivity contribution in [1.29, 1.82) is 0 Å². The lowest BCUT2D eigenvalue weighted by Gasteiger charge is -2.28. The second-order valence-electron chi connectivity index (χ2n) is 7.22. The smallest absolute Gasteiger partial charge is 0.323 e. The highest BCUT2D eigenvalue weighted by Crippen LogP contribution is 2.46. The molecule has 0 radical (unpaired) electrons. The van der Waals surface area contributed by atoms with Gasteiger partial charge < -0.3 is 19.8 Å². The van der Waals surface area contributed by atoms with Crippen LogP contribution >= 0.6 is 0 Å². The van der Waals surface area contributed by atoms with Gasteiger partial charge in [0.1, 0.15) is 5.41 Å². The summed E-state index contributed by atoms with van der Waals surface area (Å²) in [5.41, 5.74) is 1.19. The molecular formula is C18H19N5O3.